The number of ether oxygens (including phenoxy) is 2. The molecule has 2 aromatic rings. The van der Waals surface area contributed by atoms with E-state index in [1.54, 1.807) is 6.07 Å². The predicted octanol–water partition coefficient (Wildman–Crippen LogP) is 3.09. The zero-order valence-electron chi connectivity index (χ0n) is 10.8. The third kappa shape index (κ3) is 3.05. The van der Waals surface area contributed by atoms with E-state index in [4.69, 9.17) is 9.47 Å². The summed E-state index contributed by atoms with van der Waals surface area (Å²) in [5, 5.41) is 9.89. The Kier molecular flexibility index (Phi) is 4.53. The van der Waals surface area contributed by atoms with Crippen LogP contribution in [0, 0.1) is 11.6 Å². The summed E-state index contributed by atoms with van der Waals surface area (Å²) in [7, 11) is 1.38. The summed E-state index contributed by atoms with van der Waals surface area (Å²) in [6.07, 6.45) is -1.19. The molecule has 0 aliphatic rings. The van der Waals surface area contributed by atoms with Gasteiger partial charge in [0, 0.05) is 5.56 Å². The lowest BCUT2D eigenvalue weighted by atomic mass is 10.1. The summed E-state index contributed by atoms with van der Waals surface area (Å²) >= 11 is 0. The van der Waals surface area contributed by atoms with Crippen LogP contribution in [0.15, 0.2) is 42.5 Å². The van der Waals surface area contributed by atoms with Crippen LogP contribution in [0.3, 0.4) is 0 Å². The minimum absolute atomic E-state index is 0.0998. The van der Waals surface area contributed by atoms with Crippen molar-refractivity contribution >= 4 is 0 Å². The van der Waals surface area contributed by atoms with Crippen molar-refractivity contribution in [1.82, 2.24) is 0 Å². The van der Waals surface area contributed by atoms with Crippen LogP contribution in [0.2, 0.25) is 0 Å². The van der Waals surface area contributed by atoms with E-state index in [0.29, 0.717) is 0 Å². The first-order valence-electron chi connectivity index (χ1n) is 6.01. The fourth-order valence-electron chi connectivity index (χ4n) is 1.79. The van der Waals surface area contributed by atoms with Gasteiger partial charge in [0.25, 0.3) is 0 Å². The standard InChI is InChI=1S/C15H14F2O3/c1-19-14-8-4-7-12(17)15(14)20-9-13(18)10-5-2-3-6-11(10)16/h2-8,13,18H,9H2,1H3. The number of methoxy groups -OCH3 is 1. The van der Waals surface area contributed by atoms with E-state index in [2.05, 4.69) is 0 Å². The van der Waals surface area contributed by atoms with Crippen molar-refractivity contribution in [1.29, 1.82) is 0 Å². The summed E-state index contributed by atoms with van der Waals surface area (Å²) in [4.78, 5) is 0. The van der Waals surface area contributed by atoms with Gasteiger partial charge in [0.05, 0.1) is 7.11 Å². The maximum atomic E-state index is 13.6. The lowest BCUT2D eigenvalue weighted by Gasteiger charge is -2.15. The molecule has 1 atom stereocenters. The van der Waals surface area contributed by atoms with Crippen molar-refractivity contribution in [2.45, 2.75) is 6.10 Å². The molecule has 106 valence electrons. The third-order valence-corrected chi connectivity index (χ3v) is 2.80. The van der Waals surface area contributed by atoms with Crippen LogP contribution in [0.25, 0.3) is 0 Å². The van der Waals surface area contributed by atoms with Crippen LogP contribution in [-0.4, -0.2) is 18.8 Å². The van der Waals surface area contributed by atoms with Gasteiger partial charge in [-0.1, -0.05) is 24.3 Å². The van der Waals surface area contributed by atoms with Gasteiger partial charge in [-0.25, -0.2) is 8.78 Å². The SMILES string of the molecule is COc1cccc(F)c1OCC(O)c1ccccc1F. The van der Waals surface area contributed by atoms with Gasteiger partial charge in [0.15, 0.2) is 17.3 Å². The monoisotopic (exact) mass is 280 g/mol. The fraction of sp³-hybridized carbons (Fsp3) is 0.200. The fourth-order valence-corrected chi connectivity index (χ4v) is 1.79. The van der Waals surface area contributed by atoms with Crippen LogP contribution in [0.4, 0.5) is 8.78 Å². The molecule has 2 aromatic carbocycles. The Balaban J connectivity index is 2.11. The van der Waals surface area contributed by atoms with E-state index in [0.717, 1.165) is 0 Å². The van der Waals surface area contributed by atoms with Crippen LogP contribution in [-0.2, 0) is 0 Å². The topological polar surface area (TPSA) is 38.7 Å². The number of aliphatic hydroxyl groups is 1. The van der Waals surface area contributed by atoms with Crippen molar-refractivity contribution < 1.29 is 23.4 Å². The third-order valence-electron chi connectivity index (χ3n) is 2.80. The minimum Gasteiger partial charge on any atom is -0.493 e. The molecule has 0 heterocycles. The molecule has 2 rings (SSSR count). The zero-order valence-corrected chi connectivity index (χ0v) is 10.8. The normalized spacial score (nSPS) is 12.0. The largest absolute Gasteiger partial charge is 0.493 e. The molecule has 0 aliphatic carbocycles. The predicted molar refractivity (Wildman–Crippen MR) is 69.8 cm³/mol. The second-order valence-electron chi connectivity index (χ2n) is 4.12. The molecule has 0 aliphatic heterocycles. The van der Waals surface area contributed by atoms with Crippen molar-refractivity contribution in [3.8, 4) is 11.5 Å². The lowest BCUT2D eigenvalue weighted by Crippen LogP contribution is -2.12. The van der Waals surface area contributed by atoms with E-state index in [9.17, 15) is 13.9 Å². The lowest BCUT2D eigenvalue weighted by molar-refractivity contribution is 0.101. The Hall–Kier alpha value is -2.14. The first-order chi connectivity index (χ1) is 9.63. The van der Waals surface area contributed by atoms with Crippen LogP contribution < -0.4 is 9.47 Å². The van der Waals surface area contributed by atoms with Gasteiger partial charge in [0.1, 0.15) is 18.5 Å². The molecule has 5 heteroatoms. The molecule has 0 bridgehead atoms. The van der Waals surface area contributed by atoms with Crippen LogP contribution >= 0.6 is 0 Å². The molecular weight excluding hydrogens is 266 g/mol. The molecule has 1 N–H and O–H groups in total. The summed E-state index contributed by atoms with van der Waals surface area (Å²) in [5.74, 6) is -1.04. The Morgan fingerprint density at radius 2 is 1.75 bits per heavy atom. The number of para-hydroxylation sites is 1. The Labute approximate surface area is 115 Å². The van der Waals surface area contributed by atoms with Gasteiger partial charge in [-0.2, -0.15) is 0 Å². The number of rotatable bonds is 5. The number of halogens is 2. The van der Waals surface area contributed by atoms with E-state index in [1.807, 2.05) is 0 Å². The van der Waals surface area contributed by atoms with Crippen molar-refractivity contribution in [3.05, 3.63) is 59.7 Å². The molecule has 0 fully saturated rings. The molecule has 0 spiro atoms. The highest BCUT2D eigenvalue weighted by Gasteiger charge is 2.16. The number of benzene rings is 2. The van der Waals surface area contributed by atoms with Gasteiger partial charge in [-0.15, -0.1) is 0 Å². The minimum atomic E-state index is -1.19. The summed E-state index contributed by atoms with van der Waals surface area (Å²) in [5.41, 5.74) is 0.0998. The summed E-state index contributed by atoms with van der Waals surface area (Å²) < 4.78 is 37.3. The average Bonchev–Trinajstić information content (AvgIpc) is 2.46. The van der Waals surface area contributed by atoms with Gasteiger partial charge in [0.2, 0.25) is 0 Å². The highest BCUT2D eigenvalue weighted by molar-refractivity contribution is 5.40. The molecule has 1 unspecified atom stereocenters. The maximum absolute atomic E-state index is 13.6. The van der Waals surface area contributed by atoms with Gasteiger partial charge < -0.3 is 14.6 Å². The molecule has 20 heavy (non-hydrogen) atoms. The van der Waals surface area contributed by atoms with Crippen LogP contribution in [0.1, 0.15) is 11.7 Å². The quantitative estimate of drug-likeness (QED) is 0.914. The van der Waals surface area contributed by atoms with E-state index < -0.39 is 17.7 Å². The highest BCUT2D eigenvalue weighted by Crippen LogP contribution is 2.30. The molecule has 0 aromatic heterocycles. The second kappa shape index (κ2) is 6.34. The maximum Gasteiger partial charge on any atom is 0.197 e. The molecule has 0 amide bonds. The molecular formula is C15H14F2O3. The summed E-state index contributed by atoms with van der Waals surface area (Å²) in [6, 6.07) is 10.0. The number of hydrogen-bond donors (Lipinski definition) is 1. The molecule has 0 saturated carbocycles. The molecule has 0 radical (unpaired) electrons. The Morgan fingerprint density at radius 3 is 2.45 bits per heavy atom. The summed E-state index contributed by atoms with van der Waals surface area (Å²) in [6.45, 7) is -0.280. The van der Waals surface area contributed by atoms with E-state index in [1.165, 1.54) is 43.5 Å². The van der Waals surface area contributed by atoms with E-state index in [-0.39, 0.29) is 23.7 Å². The van der Waals surface area contributed by atoms with Crippen molar-refractivity contribution in [3.63, 3.8) is 0 Å². The van der Waals surface area contributed by atoms with E-state index >= 15 is 0 Å². The van der Waals surface area contributed by atoms with Gasteiger partial charge in [-0.3, -0.25) is 0 Å². The Morgan fingerprint density at radius 1 is 1.05 bits per heavy atom. The number of aliphatic hydroxyl groups excluding tert-OH is 1. The van der Waals surface area contributed by atoms with Crippen molar-refractivity contribution in [2.75, 3.05) is 13.7 Å². The van der Waals surface area contributed by atoms with Crippen molar-refractivity contribution in [2.24, 2.45) is 0 Å². The van der Waals surface area contributed by atoms with Gasteiger partial charge >= 0.3 is 0 Å². The second-order valence-corrected chi connectivity index (χ2v) is 4.12. The molecule has 3 nitrogen and oxygen atoms in total. The first kappa shape index (κ1) is 14.3. The van der Waals surface area contributed by atoms with Gasteiger partial charge in [-0.05, 0) is 18.2 Å². The molecule has 0 saturated heterocycles. The zero-order chi connectivity index (χ0) is 14.5. The van der Waals surface area contributed by atoms with Crippen LogP contribution in [0.5, 0.6) is 11.5 Å². The first-order valence-corrected chi connectivity index (χ1v) is 6.01. The highest BCUT2D eigenvalue weighted by atomic mass is 19.1. The Bertz CT molecular complexity index is 587. The average molecular weight is 280 g/mol. The smallest absolute Gasteiger partial charge is 0.197 e. The number of hydrogen-bond acceptors (Lipinski definition) is 3.